The van der Waals surface area contributed by atoms with Crippen LogP contribution in [0.4, 0.5) is 0 Å². The van der Waals surface area contributed by atoms with Crippen molar-refractivity contribution in [3.63, 3.8) is 0 Å². The molecule has 0 radical (unpaired) electrons. The van der Waals surface area contributed by atoms with E-state index in [2.05, 4.69) is 0 Å². The van der Waals surface area contributed by atoms with Crippen LogP contribution in [0, 0.1) is 0 Å². The maximum Gasteiger partial charge on any atom is 0.339 e. The predicted molar refractivity (Wildman–Crippen MR) is 60.8 cm³/mol. The van der Waals surface area contributed by atoms with Crippen molar-refractivity contribution < 1.29 is 23.4 Å². The van der Waals surface area contributed by atoms with Crippen molar-refractivity contribution >= 4 is 30.1 Å². The monoisotopic (exact) mass is 262 g/mol. The lowest BCUT2D eigenvalue weighted by Gasteiger charge is -2.08. The number of aromatic carboxylic acids is 1. The summed E-state index contributed by atoms with van der Waals surface area (Å²) in [5, 5.41) is 18.3. The lowest BCUT2D eigenvalue weighted by Crippen LogP contribution is -1.98. The highest BCUT2D eigenvalue weighted by atomic mass is 32.2. The second-order valence-electron chi connectivity index (χ2n) is 2.62. The maximum atomic E-state index is 10.8. The molecule has 0 aromatic heterocycles. The van der Waals surface area contributed by atoms with Crippen molar-refractivity contribution in [1.29, 1.82) is 0 Å². The second-order valence-corrected chi connectivity index (χ2v) is 4.50. The standard InChI is InChI=1S/C9H10O5S2/c1-13-15-7-3-5(9(11)12)6(10)4-8(7)16-14-2/h3-4,10H,1-2H3,(H,11,12). The van der Waals surface area contributed by atoms with Gasteiger partial charge in [-0.15, -0.1) is 0 Å². The van der Waals surface area contributed by atoms with Crippen molar-refractivity contribution in [2.24, 2.45) is 0 Å². The number of hydrogen-bond acceptors (Lipinski definition) is 6. The highest BCUT2D eigenvalue weighted by molar-refractivity contribution is 7.97. The van der Waals surface area contributed by atoms with Crippen LogP contribution in [0.25, 0.3) is 0 Å². The molecule has 0 atom stereocenters. The van der Waals surface area contributed by atoms with Gasteiger partial charge in [-0.1, -0.05) is 0 Å². The van der Waals surface area contributed by atoms with Gasteiger partial charge < -0.3 is 18.6 Å². The van der Waals surface area contributed by atoms with E-state index >= 15 is 0 Å². The summed E-state index contributed by atoms with van der Waals surface area (Å²) in [4.78, 5) is 12.0. The molecule has 0 amide bonds. The summed E-state index contributed by atoms with van der Waals surface area (Å²) >= 11 is 2.03. The molecule has 88 valence electrons. The Hall–Kier alpha value is -0.890. The van der Waals surface area contributed by atoms with Crippen LogP contribution >= 0.6 is 24.1 Å². The number of carboxylic acids is 1. The predicted octanol–water partition coefficient (Wildman–Crippen LogP) is 2.40. The molecular formula is C9H10O5S2. The van der Waals surface area contributed by atoms with Crippen molar-refractivity contribution in [3.8, 4) is 5.75 Å². The summed E-state index contributed by atoms with van der Waals surface area (Å²) in [5.41, 5.74) is -0.167. The van der Waals surface area contributed by atoms with Crippen LogP contribution < -0.4 is 0 Å². The summed E-state index contributed by atoms with van der Waals surface area (Å²) in [6, 6.07) is 2.67. The topological polar surface area (TPSA) is 76.0 Å². The third-order valence-electron chi connectivity index (χ3n) is 1.64. The van der Waals surface area contributed by atoms with Gasteiger partial charge in [-0.25, -0.2) is 4.79 Å². The van der Waals surface area contributed by atoms with Crippen LogP contribution in [0.5, 0.6) is 5.75 Å². The fraction of sp³-hybridized carbons (Fsp3) is 0.222. The van der Waals surface area contributed by atoms with Crippen LogP contribution in [0.15, 0.2) is 21.9 Å². The zero-order valence-corrected chi connectivity index (χ0v) is 10.2. The molecule has 0 saturated heterocycles. The van der Waals surface area contributed by atoms with Gasteiger partial charge in [0.25, 0.3) is 0 Å². The van der Waals surface area contributed by atoms with Crippen LogP contribution in [0.3, 0.4) is 0 Å². The first-order valence-electron chi connectivity index (χ1n) is 4.11. The lowest BCUT2D eigenvalue weighted by molar-refractivity contribution is 0.0693. The van der Waals surface area contributed by atoms with Gasteiger partial charge in [-0.05, 0) is 12.1 Å². The fourth-order valence-corrected chi connectivity index (χ4v) is 2.20. The third-order valence-corrected chi connectivity index (χ3v) is 3.14. The molecular weight excluding hydrogens is 252 g/mol. The molecule has 0 saturated carbocycles. The highest BCUT2D eigenvalue weighted by Crippen LogP contribution is 2.36. The largest absolute Gasteiger partial charge is 0.507 e. The molecule has 0 aliphatic carbocycles. The molecule has 7 heteroatoms. The first-order valence-corrected chi connectivity index (χ1v) is 5.60. The van der Waals surface area contributed by atoms with Crippen LogP contribution in [-0.4, -0.2) is 30.4 Å². The van der Waals surface area contributed by atoms with Gasteiger partial charge in [0, 0.05) is 24.1 Å². The molecule has 0 heterocycles. The minimum absolute atomic E-state index is 0.167. The summed E-state index contributed by atoms with van der Waals surface area (Å²) in [6.07, 6.45) is 0. The van der Waals surface area contributed by atoms with Gasteiger partial charge in [0.1, 0.15) is 11.3 Å². The number of benzene rings is 1. The van der Waals surface area contributed by atoms with E-state index in [1.807, 2.05) is 0 Å². The number of carboxylic acid groups (broad SMARTS) is 1. The molecule has 16 heavy (non-hydrogen) atoms. The van der Waals surface area contributed by atoms with E-state index in [0.29, 0.717) is 9.79 Å². The Morgan fingerprint density at radius 2 is 1.69 bits per heavy atom. The molecule has 1 aromatic carbocycles. The van der Waals surface area contributed by atoms with E-state index < -0.39 is 5.97 Å². The number of phenols is 1. The van der Waals surface area contributed by atoms with Gasteiger partial charge in [-0.3, -0.25) is 0 Å². The normalized spacial score (nSPS) is 10.4. The van der Waals surface area contributed by atoms with Gasteiger partial charge in [0.2, 0.25) is 0 Å². The van der Waals surface area contributed by atoms with E-state index in [1.54, 1.807) is 0 Å². The highest BCUT2D eigenvalue weighted by Gasteiger charge is 2.15. The van der Waals surface area contributed by atoms with Crippen molar-refractivity contribution in [2.45, 2.75) is 9.79 Å². The molecule has 0 bridgehead atoms. The first-order chi connectivity index (χ1) is 7.60. The van der Waals surface area contributed by atoms with E-state index in [0.717, 1.165) is 24.1 Å². The van der Waals surface area contributed by atoms with Gasteiger partial charge in [0.15, 0.2) is 0 Å². The lowest BCUT2D eigenvalue weighted by atomic mass is 10.2. The number of rotatable bonds is 5. The van der Waals surface area contributed by atoms with Crippen LogP contribution in [0.1, 0.15) is 10.4 Å². The molecule has 0 aliphatic rings. The summed E-state index contributed by atoms with van der Waals surface area (Å²) in [5.74, 6) is -1.49. The molecule has 1 rings (SSSR count). The Bertz CT molecular complexity index is 394. The average Bonchev–Trinajstić information content (AvgIpc) is 2.22. The molecule has 2 N–H and O–H groups in total. The Labute approximate surface area is 101 Å². The molecule has 0 fully saturated rings. The molecule has 5 nitrogen and oxygen atoms in total. The number of aromatic hydroxyl groups is 1. The SMILES string of the molecule is COSc1cc(O)c(C(=O)O)cc1SOC. The van der Waals surface area contributed by atoms with Crippen LogP contribution in [0.2, 0.25) is 0 Å². The fourth-order valence-electron chi connectivity index (χ4n) is 1.03. The van der Waals surface area contributed by atoms with Gasteiger partial charge >= 0.3 is 5.97 Å². The van der Waals surface area contributed by atoms with Crippen molar-refractivity contribution in [1.82, 2.24) is 0 Å². The van der Waals surface area contributed by atoms with E-state index in [1.165, 1.54) is 26.4 Å². The zero-order chi connectivity index (χ0) is 12.1. The minimum atomic E-state index is -1.19. The Morgan fingerprint density at radius 1 is 1.19 bits per heavy atom. The summed E-state index contributed by atoms with van der Waals surface area (Å²) in [6.45, 7) is 0. The number of hydrogen-bond donors (Lipinski definition) is 2. The molecule has 0 unspecified atom stereocenters. The van der Waals surface area contributed by atoms with E-state index in [-0.39, 0.29) is 11.3 Å². The minimum Gasteiger partial charge on any atom is -0.507 e. The molecule has 0 spiro atoms. The van der Waals surface area contributed by atoms with Crippen molar-refractivity contribution in [3.05, 3.63) is 17.7 Å². The smallest absolute Gasteiger partial charge is 0.339 e. The van der Waals surface area contributed by atoms with Crippen LogP contribution in [-0.2, 0) is 8.37 Å². The van der Waals surface area contributed by atoms with Gasteiger partial charge in [0.05, 0.1) is 24.0 Å². The average molecular weight is 262 g/mol. The Morgan fingerprint density at radius 3 is 2.12 bits per heavy atom. The number of carbonyl (C=O) groups is 1. The van der Waals surface area contributed by atoms with Crippen molar-refractivity contribution in [2.75, 3.05) is 14.2 Å². The Kier molecular flexibility index (Phi) is 4.94. The molecule has 0 aliphatic heterocycles. The Balaban J connectivity index is 3.19. The third kappa shape index (κ3) is 3.05. The van der Waals surface area contributed by atoms with E-state index in [9.17, 15) is 9.90 Å². The summed E-state index contributed by atoms with van der Waals surface area (Å²) < 4.78 is 9.72. The second kappa shape index (κ2) is 6.00. The van der Waals surface area contributed by atoms with Gasteiger partial charge in [-0.2, -0.15) is 0 Å². The zero-order valence-electron chi connectivity index (χ0n) is 8.59. The first kappa shape index (κ1) is 13.2. The summed E-state index contributed by atoms with van der Waals surface area (Å²) in [7, 11) is 2.95. The quantitative estimate of drug-likeness (QED) is 0.789. The molecule has 1 aromatic rings. The maximum absolute atomic E-state index is 10.8. The van der Waals surface area contributed by atoms with E-state index in [4.69, 9.17) is 13.5 Å².